The molecule has 5 heteroatoms. The molecule has 0 saturated heterocycles. The highest BCUT2D eigenvalue weighted by atomic mass is 79.9. The summed E-state index contributed by atoms with van der Waals surface area (Å²) >= 11 is 3.55. The predicted molar refractivity (Wildman–Crippen MR) is 81.1 cm³/mol. The molecule has 104 valence electrons. The van der Waals surface area contributed by atoms with E-state index in [4.69, 9.17) is 15.7 Å². The molecule has 0 heterocycles. The Morgan fingerprint density at radius 2 is 2.21 bits per heavy atom. The maximum Gasteiger partial charge on any atom is 0.0640 e. The van der Waals surface area contributed by atoms with Crippen molar-refractivity contribution in [3.8, 4) is 6.07 Å². The third-order valence-electron chi connectivity index (χ3n) is 2.90. The second kappa shape index (κ2) is 8.16. The van der Waals surface area contributed by atoms with Crippen LogP contribution in [0.15, 0.2) is 22.7 Å². The zero-order valence-corrected chi connectivity index (χ0v) is 13.0. The summed E-state index contributed by atoms with van der Waals surface area (Å²) in [6.45, 7) is 4.06. The van der Waals surface area contributed by atoms with E-state index in [-0.39, 0.29) is 6.04 Å². The number of nitrogens with zero attached hydrogens (tertiary/aromatic N) is 2. The van der Waals surface area contributed by atoms with Crippen LogP contribution in [0.5, 0.6) is 0 Å². The fraction of sp³-hybridized carbons (Fsp3) is 0.500. The Bertz CT molecular complexity index is 443. The van der Waals surface area contributed by atoms with E-state index in [1.165, 1.54) is 0 Å². The lowest BCUT2D eigenvalue weighted by Crippen LogP contribution is -2.28. The van der Waals surface area contributed by atoms with Gasteiger partial charge in [0, 0.05) is 36.4 Å². The Morgan fingerprint density at radius 3 is 2.74 bits per heavy atom. The molecule has 0 bridgehead atoms. The van der Waals surface area contributed by atoms with Crippen molar-refractivity contribution in [2.24, 2.45) is 5.73 Å². The molecule has 1 aromatic rings. The van der Waals surface area contributed by atoms with E-state index >= 15 is 0 Å². The van der Waals surface area contributed by atoms with Crippen molar-refractivity contribution >= 4 is 21.6 Å². The number of ether oxygens (including phenoxy) is 1. The summed E-state index contributed by atoms with van der Waals surface area (Å²) in [5, 5.41) is 8.73. The molecule has 19 heavy (non-hydrogen) atoms. The fourth-order valence-corrected chi connectivity index (χ4v) is 2.57. The molecule has 4 nitrogen and oxygen atoms in total. The van der Waals surface area contributed by atoms with Gasteiger partial charge >= 0.3 is 0 Å². The van der Waals surface area contributed by atoms with Crippen LogP contribution in [-0.4, -0.2) is 26.8 Å². The van der Waals surface area contributed by atoms with E-state index in [2.05, 4.69) is 26.9 Å². The van der Waals surface area contributed by atoms with E-state index in [9.17, 15) is 0 Å². The number of nitrogens with two attached hydrogens (primary N) is 1. The molecule has 0 spiro atoms. The average Bonchev–Trinajstić information content (AvgIpc) is 2.38. The van der Waals surface area contributed by atoms with E-state index in [0.29, 0.717) is 19.6 Å². The second-order valence-electron chi connectivity index (χ2n) is 4.38. The Hall–Kier alpha value is -1.09. The van der Waals surface area contributed by atoms with E-state index in [1.54, 1.807) is 7.11 Å². The third-order valence-corrected chi connectivity index (χ3v) is 3.59. The van der Waals surface area contributed by atoms with Crippen molar-refractivity contribution in [3.05, 3.63) is 28.2 Å². The van der Waals surface area contributed by atoms with E-state index < -0.39 is 0 Å². The second-order valence-corrected chi connectivity index (χ2v) is 5.24. The van der Waals surface area contributed by atoms with Crippen LogP contribution in [0.3, 0.4) is 0 Å². The number of benzene rings is 1. The summed E-state index contributed by atoms with van der Waals surface area (Å²) in [5.41, 5.74) is 8.05. The van der Waals surface area contributed by atoms with Crippen LogP contribution in [0.4, 0.5) is 5.69 Å². The molecule has 0 aromatic heterocycles. The zero-order chi connectivity index (χ0) is 14.3. The SMILES string of the molecule is COCCN(CCC#N)c1ccc(C(C)N)c(Br)c1. The first-order valence-electron chi connectivity index (χ1n) is 6.26. The lowest BCUT2D eigenvalue weighted by Gasteiger charge is -2.24. The van der Waals surface area contributed by atoms with Gasteiger partial charge in [-0.2, -0.15) is 5.26 Å². The summed E-state index contributed by atoms with van der Waals surface area (Å²) in [5.74, 6) is 0. The standard InChI is InChI=1S/C14H20BrN3O/c1-11(17)13-5-4-12(10-14(13)15)18(7-3-6-16)8-9-19-2/h4-5,10-11H,3,7-9,17H2,1-2H3. The van der Waals surface area contributed by atoms with Gasteiger partial charge in [-0.1, -0.05) is 22.0 Å². The molecule has 1 aromatic carbocycles. The maximum absolute atomic E-state index is 8.73. The Kier molecular flexibility index (Phi) is 6.85. The van der Waals surface area contributed by atoms with Crippen molar-refractivity contribution < 1.29 is 4.74 Å². The highest BCUT2D eigenvalue weighted by Crippen LogP contribution is 2.27. The molecule has 2 N–H and O–H groups in total. The molecule has 0 aliphatic carbocycles. The molecule has 1 rings (SSSR count). The molecule has 0 aliphatic heterocycles. The van der Waals surface area contributed by atoms with Gasteiger partial charge in [-0.15, -0.1) is 0 Å². The first-order chi connectivity index (χ1) is 9.10. The lowest BCUT2D eigenvalue weighted by atomic mass is 10.1. The van der Waals surface area contributed by atoms with Gasteiger partial charge in [0.15, 0.2) is 0 Å². The minimum absolute atomic E-state index is 0.00467. The molecular weight excluding hydrogens is 306 g/mol. The molecule has 0 aliphatic rings. The number of hydrogen-bond donors (Lipinski definition) is 1. The minimum atomic E-state index is -0.00467. The number of anilines is 1. The van der Waals surface area contributed by atoms with Crippen LogP contribution in [0.25, 0.3) is 0 Å². The predicted octanol–water partition coefficient (Wildman–Crippen LogP) is 2.84. The summed E-state index contributed by atoms with van der Waals surface area (Å²) in [7, 11) is 1.68. The Labute approximate surface area is 123 Å². The highest BCUT2D eigenvalue weighted by molar-refractivity contribution is 9.10. The van der Waals surface area contributed by atoms with Gasteiger partial charge in [-0.3, -0.25) is 0 Å². The highest BCUT2D eigenvalue weighted by Gasteiger charge is 2.10. The molecule has 0 amide bonds. The van der Waals surface area contributed by atoms with E-state index in [1.807, 2.05) is 25.1 Å². The Balaban J connectivity index is 2.89. The quantitative estimate of drug-likeness (QED) is 0.837. The number of hydrogen-bond acceptors (Lipinski definition) is 4. The summed E-state index contributed by atoms with van der Waals surface area (Å²) in [6.07, 6.45) is 0.496. The zero-order valence-electron chi connectivity index (χ0n) is 11.4. The first kappa shape index (κ1) is 16.0. The van der Waals surface area contributed by atoms with Crippen molar-refractivity contribution in [2.45, 2.75) is 19.4 Å². The summed E-state index contributed by atoms with van der Waals surface area (Å²) in [6, 6.07) is 8.28. The number of methoxy groups -OCH3 is 1. The largest absolute Gasteiger partial charge is 0.383 e. The number of nitriles is 1. The van der Waals surface area contributed by atoms with Crippen LogP contribution in [0.1, 0.15) is 24.9 Å². The topological polar surface area (TPSA) is 62.3 Å². The molecule has 1 unspecified atom stereocenters. The van der Waals surface area contributed by atoms with Gasteiger partial charge in [0.05, 0.1) is 19.1 Å². The maximum atomic E-state index is 8.73. The van der Waals surface area contributed by atoms with Crippen LogP contribution in [-0.2, 0) is 4.74 Å². The summed E-state index contributed by atoms with van der Waals surface area (Å²) < 4.78 is 6.11. The van der Waals surface area contributed by atoms with Crippen LogP contribution in [0.2, 0.25) is 0 Å². The van der Waals surface area contributed by atoms with Gasteiger partial charge in [0.25, 0.3) is 0 Å². The molecule has 0 fully saturated rings. The normalized spacial score (nSPS) is 11.9. The smallest absolute Gasteiger partial charge is 0.0640 e. The first-order valence-corrected chi connectivity index (χ1v) is 7.05. The molecule has 1 atom stereocenters. The average molecular weight is 326 g/mol. The van der Waals surface area contributed by atoms with Crippen molar-refractivity contribution in [3.63, 3.8) is 0 Å². The number of rotatable bonds is 7. The van der Waals surface area contributed by atoms with E-state index in [0.717, 1.165) is 22.3 Å². The van der Waals surface area contributed by atoms with Crippen molar-refractivity contribution in [2.75, 3.05) is 31.7 Å². The van der Waals surface area contributed by atoms with Crippen molar-refractivity contribution in [1.82, 2.24) is 0 Å². The molecule has 0 radical (unpaired) electrons. The van der Waals surface area contributed by atoms with Gasteiger partial charge in [0.1, 0.15) is 0 Å². The molecular formula is C14H20BrN3O. The van der Waals surface area contributed by atoms with Crippen LogP contribution >= 0.6 is 15.9 Å². The minimum Gasteiger partial charge on any atom is -0.383 e. The third kappa shape index (κ3) is 4.83. The molecule has 0 saturated carbocycles. The number of halogens is 1. The Morgan fingerprint density at radius 1 is 1.47 bits per heavy atom. The van der Waals surface area contributed by atoms with Crippen LogP contribution in [0, 0.1) is 11.3 Å². The van der Waals surface area contributed by atoms with Gasteiger partial charge < -0.3 is 15.4 Å². The van der Waals surface area contributed by atoms with Crippen molar-refractivity contribution in [1.29, 1.82) is 5.26 Å². The summed E-state index contributed by atoms with van der Waals surface area (Å²) in [4.78, 5) is 2.14. The van der Waals surface area contributed by atoms with Crippen LogP contribution < -0.4 is 10.6 Å². The fourth-order valence-electron chi connectivity index (χ4n) is 1.84. The van der Waals surface area contributed by atoms with Gasteiger partial charge in [0.2, 0.25) is 0 Å². The van der Waals surface area contributed by atoms with Gasteiger partial charge in [-0.25, -0.2) is 0 Å². The monoisotopic (exact) mass is 325 g/mol. The van der Waals surface area contributed by atoms with Gasteiger partial charge in [-0.05, 0) is 24.6 Å². The lowest BCUT2D eigenvalue weighted by molar-refractivity contribution is 0.205.